The molecule has 152 valence electrons. The van der Waals surface area contributed by atoms with E-state index in [2.05, 4.69) is 16.8 Å². The van der Waals surface area contributed by atoms with Crippen molar-refractivity contribution in [3.05, 3.63) is 12.2 Å². The number of aliphatic hydroxyl groups excluding tert-OH is 1. The first-order valence-corrected chi connectivity index (χ1v) is 10.8. The van der Waals surface area contributed by atoms with Crippen LogP contribution in [0.5, 0.6) is 0 Å². The van der Waals surface area contributed by atoms with Crippen LogP contribution in [0.25, 0.3) is 0 Å². The number of unbranched alkanes of at least 4 members (excludes halogenated alkanes) is 2. The van der Waals surface area contributed by atoms with Crippen molar-refractivity contribution < 1.29 is 19.7 Å². The lowest BCUT2D eigenvalue weighted by Gasteiger charge is -2.27. The SMILES string of the molecule is CCCCCC(O)=[NH+]CCCN1CCC[C@H]1CC(=O)[C@H]1C(=O)C=CC[C@@H]1C. The van der Waals surface area contributed by atoms with Gasteiger partial charge in [0.1, 0.15) is 12.3 Å². The smallest absolute Gasteiger partial charge is 0.332 e. The molecule has 1 aliphatic heterocycles. The summed E-state index contributed by atoms with van der Waals surface area (Å²) in [6.07, 6.45) is 12.0. The van der Waals surface area contributed by atoms with Crippen LogP contribution in [0.1, 0.15) is 71.6 Å². The number of carbonyl (C=O) groups is 2. The number of nitrogens with one attached hydrogen (secondary N) is 1. The average Bonchev–Trinajstić information content (AvgIpc) is 3.06. The van der Waals surface area contributed by atoms with Crippen LogP contribution >= 0.6 is 0 Å². The Morgan fingerprint density at radius 2 is 2.15 bits per heavy atom. The molecule has 0 aromatic heterocycles. The van der Waals surface area contributed by atoms with Crippen LogP contribution < -0.4 is 4.99 Å². The van der Waals surface area contributed by atoms with Crippen LogP contribution in [0.15, 0.2) is 12.2 Å². The average molecular weight is 378 g/mol. The Balaban J connectivity index is 1.75. The van der Waals surface area contributed by atoms with Gasteiger partial charge in [0, 0.05) is 25.4 Å². The van der Waals surface area contributed by atoms with E-state index in [0.717, 1.165) is 71.0 Å². The molecule has 0 bridgehead atoms. The predicted octanol–water partition coefficient (Wildman–Crippen LogP) is 2.20. The van der Waals surface area contributed by atoms with E-state index < -0.39 is 5.92 Å². The Hall–Kier alpha value is -1.49. The number of ketones is 2. The number of rotatable bonds is 11. The van der Waals surface area contributed by atoms with E-state index >= 15 is 0 Å². The van der Waals surface area contributed by atoms with Gasteiger partial charge in [0.2, 0.25) is 0 Å². The quantitative estimate of drug-likeness (QED) is 0.251. The molecule has 5 nitrogen and oxygen atoms in total. The lowest BCUT2D eigenvalue weighted by Crippen LogP contribution is -2.73. The second-order valence-corrected chi connectivity index (χ2v) is 8.18. The molecule has 0 saturated carbocycles. The van der Waals surface area contributed by atoms with Gasteiger partial charge < -0.3 is 5.11 Å². The highest BCUT2D eigenvalue weighted by molar-refractivity contribution is 6.08. The fourth-order valence-electron chi connectivity index (χ4n) is 4.32. The second kappa shape index (κ2) is 11.4. The zero-order chi connectivity index (χ0) is 19.6. The summed E-state index contributed by atoms with van der Waals surface area (Å²) in [7, 11) is 0. The second-order valence-electron chi connectivity index (χ2n) is 8.18. The topological polar surface area (TPSA) is 71.6 Å². The molecule has 0 amide bonds. The predicted molar refractivity (Wildman–Crippen MR) is 108 cm³/mol. The summed E-state index contributed by atoms with van der Waals surface area (Å²) in [5.41, 5.74) is 0. The monoisotopic (exact) mass is 377 g/mol. The maximum absolute atomic E-state index is 12.7. The Morgan fingerprint density at radius 3 is 2.89 bits per heavy atom. The maximum Gasteiger partial charge on any atom is 0.332 e. The normalized spacial score (nSPS) is 26.7. The van der Waals surface area contributed by atoms with Gasteiger partial charge in [0.25, 0.3) is 0 Å². The van der Waals surface area contributed by atoms with Gasteiger partial charge in [-0.2, -0.15) is 0 Å². The molecular formula is C22H37N2O3+. The van der Waals surface area contributed by atoms with Gasteiger partial charge in [-0.3, -0.25) is 14.5 Å². The molecule has 27 heavy (non-hydrogen) atoms. The molecular weight excluding hydrogens is 340 g/mol. The fraction of sp³-hybridized carbons (Fsp3) is 0.773. The number of aliphatic hydroxyl groups is 1. The van der Waals surface area contributed by atoms with Gasteiger partial charge in [-0.15, -0.1) is 0 Å². The first-order valence-electron chi connectivity index (χ1n) is 10.8. The van der Waals surface area contributed by atoms with Crippen molar-refractivity contribution >= 4 is 17.5 Å². The van der Waals surface area contributed by atoms with Crippen LogP contribution in [-0.4, -0.2) is 53.1 Å². The number of hydrogen-bond donors (Lipinski definition) is 2. The molecule has 1 heterocycles. The third-order valence-corrected chi connectivity index (χ3v) is 5.92. The van der Waals surface area contributed by atoms with E-state index in [1.807, 2.05) is 13.0 Å². The van der Waals surface area contributed by atoms with E-state index in [-0.39, 0.29) is 23.5 Å². The zero-order valence-corrected chi connectivity index (χ0v) is 17.1. The Morgan fingerprint density at radius 1 is 1.33 bits per heavy atom. The first kappa shape index (κ1) is 21.8. The molecule has 3 atom stereocenters. The summed E-state index contributed by atoms with van der Waals surface area (Å²) in [5.74, 6) is 0.193. The molecule has 1 saturated heterocycles. The molecule has 2 rings (SSSR count). The van der Waals surface area contributed by atoms with E-state index in [0.29, 0.717) is 12.3 Å². The van der Waals surface area contributed by atoms with Crippen LogP contribution in [0.3, 0.4) is 0 Å². The van der Waals surface area contributed by atoms with Crippen LogP contribution in [0, 0.1) is 11.8 Å². The van der Waals surface area contributed by atoms with E-state index in [4.69, 9.17) is 0 Å². The van der Waals surface area contributed by atoms with Crippen molar-refractivity contribution in [3.8, 4) is 0 Å². The third kappa shape index (κ3) is 6.87. The molecule has 5 heteroatoms. The molecule has 0 spiro atoms. The van der Waals surface area contributed by atoms with Crippen molar-refractivity contribution in [1.29, 1.82) is 0 Å². The van der Waals surface area contributed by atoms with E-state index in [1.165, 1.54) is 0 Å². The summed E-state index contributed by atoms with van der Waals surface area (Å²) in [4.78, 5) is 30.4. The summed E-state index contributed by atoms with van der Waals surface area (Å²) in [6.45, 7) is 6.88. The van der Waals surface area contributed by atoms with E-state index in [9.17, 15) is 14.7 Å². The number of Topliss-reactive ketones (excluding diaryl/α,β-unsaturated/α-hetero) is 1. The van der Waals surface area contributed by atoms with Crippen molar-refractivity contribution in [2.75, 3.05) is 19.6 Å². The molecule has 2 N–H and O–H groups in total. The van der Waals surface area contributed by atoms with Crippen molar-refractivity contribution in [3.63, 3.8) is 0 Å². The fourth-order valence-corrected chi connectivity index (χ4v) is 4.32. The first-order chi connectivity index (χ1) is 13.0. The molecule has 1 aliphatic carbocycles. The van der Waals surface area contributed by atoms with Gasteiger partial charge in [-0.05, 0) is 44.2 Å². The molecule has 1 fully saturated rings. The van der Waals surface area contributed by atoms with Crippen molar-refractivity contribution in [1.82, 2.24) is 4.90 Å². The Labute approximate surface area is 163 Å². The van der Waals surface area contributed by atoms with Gasteiger partial charge in [0.15, 0.2) is 5.78 Å². The minimum absolute atomic E-state index is 0.0124. The zero-order valence-electron chi connectivity index (χ0n) is 17.1. The van der Waals surface area contributed by atoms with Gasteiger partial charge in [-0.1, -0.05) is 32.8 Å². The Bertz CT molecular complexity index is 556. The lowest BCUT2D eigenvalue weighted by atomic mass is 9.79. The highest BCUT2D eigenvalue weighted by atomic mass is 16.3. The largest absolute Gasteiger partial charge is 0.464 e. The van der Waals surface area contributed by atoms with Crippen molar-refractivity contribution in [2.45, 2.75) is 77.7 Å². The van der Waals surface area contributed by atoms with Crippen LogP contribution in [0.4, 0.5) is 0 Å². The number of nitrogens with zero attached hydrogens (tertiary/aromatic N) is 1. The van der Waals surface area contributed by atoms with Crippen molar-refractivity contribution in [2.24, 2.45) is 11.8 Å². The maximum atomic E-state index is 12.7. The summed E-state index contributed by atoms with van der Waals surface area (Å²) >= 11 is 0. The standard InChI is InChI=1S/C22H36N2O3/c1-3-4-5-12-21(27)23-13-8-15-24-14-7-10-18(24)16-20(26)22-17(2)9-6-11-19(22)25/h6,11,17-18,22H,3-5,7-10,12-16H2,1-2H3,(H,23,27)/p+1/t17-,18-,22+/m0/s1. The summed E-state index contributed by atoms with van der Waals surface area (Å²) in [6, 6.07) is 0.269. The number of hydrogen-bond acceptors (Lipinski definition) is 3. The number of allylic oxidation sites excluding steroid dienone is 2. The number of likely N-dealkylation sites (tertiary alicyclic amines) is 1. The molecule has 0 aromatic rings. The molecule has 0 unspecified atom stereocenters. The summed E-state index contributed by atoms with van der Waals surface area (Å²) in [5, 5.41) is 9.84. The Kier molecular flexibility index (Phi) is 9.19. The lowest BCUT2D eigenvalue weighted by molar-refractivity contribution is -0.468. The summed E-state index contributed by atoms with van der Waals surface area (Å²) < 4.78 is 0. The van der Waals surface area contributed by atoms with E-state index in [1.54, 1.807) is 6.08 Å². The van der Waals surface area contributed by atoms with Gasteiger partial charge >= 0.3 is 5.90 Å². The molecule has 0 radical (unpaired) electrons. The van der Waals surface area contributed by atoms with Gasteiger partial charge in [0.05, 0.1) is 12.3 Å². The highest BCUT2D eigenvalue weighted by Crippen LogP contribution is 2.28. The minimum Gasteiger partial charge on any atom is -0.464 e. The highest BCUT2D eigenvalue weighted by Gasteiger charge is 2.35. The minimum atomic E-state index is -0.436. The third-order valence-electron chi connectivity index (χ3n) is 5.92. The van der Waals surface area contributed by atoms with Crippen LogP contribution in [-0.2, 0) is 9.59 Å². The van der Waals surface area contributed by atoms with Gasteiger partial charge in [-0.25, -0.2) is 4.99 Å². The molecule has 2 aliphatic rings. The number of carbonyl (C=O) groups excluding carboxylic acids is 2. The van der Waals surface area contributed by atoms with Crippen LogP contribution in [0.2, 0.25) is 0 Å². The molecule has 0 aromatic carbocycles.